The smallest absolute Gasteiger partial charge is 0.181 e. The largest absolute Gasteiger partial charge is 0.259 e. The zero-order valence-electron chi connectivity index (χ0n) is 21.7. The monoisotopic (exact) mass is 476 g/mol. The van der Waals surface area contributed by atoms with E-state index in [1.165, 1.54) is 11.1 Å². The first-order chi connectivity index (χ1) is 17.1. The Kier molecular flexibility index (Phi) is 5.83. The van der Waals surface area contributed by atoms with Crippen LogP contribution in [0.15, 0.2) is 72.8 Å². The van der Waals surface area contributed by atoms with E-state index < -0.39 is 0 Å². The summed E-state index contributed by atoms with van der Waals surface area (Å²) >= 11 is 0. The quantitative estimate of drug-likeness (QED) is 0.288. The van der Waals surface area contributed by atoms with Crippen LogP contribution in [0.5, 0.6) is 0 Å². The van der Waals surface area contributed by atoms with Crippen LogP contribution >= 0.6 is 0 Å². The maximum Gasteiger partial charge on any atom is 0.181 e. The zero-order valence-corrected chi connectivity index (χ0v) is 21.7. The van der Waals surface area contributed by atoms with E-state index in [-0.39, 0.29) is 10.8 Å². The van der Waals surface area contributed by atoms with Crippen LogP contribution in [0.3, 0.4) is 0 Å². The lowest BCUT2D eigenvalue weighted by Crippen LogP contribution is -2.10. The minimum atomic E-state index is 0.117. The van der Waals surface area contributed by atoms with Crippen LogP contribution in [0.2, 0.25) is 0 Å². The molecule has 0 bridgehead atoms. The van der Waals surface area contributed by atoms with Crippen LogP contribution < -0.4 is 0 Å². The highest BCUT2D eigenvalue weighted by Gasteiger charge is 2.16. The molecular formula is C30H32N6. The summed E-state index contributed by atoms with van der Waals surface area (Å²) < 4.78 is 0. The Morgan fingerprint density at radius 1 is 0.444 bits per heavy atom. The first kappa shape index (κ1) is 23.7. The number of H-pyrrole nitrogens is 2. The van der Waals surface area contributed by atoms with Gasteiger partial charge in [-0.1, -0.05) is 114 Å². The van der Waals surface area contributed by atoms with Crippen LogP contribution in [-0.2, 0) is 10.8 Å². The molecule has 5 rings (SSSR count). The van der Waals surface area contributed by atoms with Gasteiger partial charge in [-0.2, -0.15) is 10.2 Å². The Bertz CT molecular complexity index is 1340. The molecule has 0 amide bonds. The Balaban J connectivity index is 1.32. The molecule has 0 radical (unpaired) electrons. The average molecular weight is 477 g/mol. The van der Waals surface area contributed by atoms with Gasteiger partial charge in [-0.05, 0) is 22.0 Å². The van der Waals surface area contributed by atoms with E-state index >= 15 is 0 Å². The van der Waals surface area contributed by atoms with Gasteiger partial charge in [-0.3, -0.25) is 10.2 Å². The van der Waals surface area contributed by atoms with Crippen molar-refractivity contribution in [1.29, 1.82) is 0 Å². The van der Waals surface area contributed by atoms with E-state index in [1.54, 1.807) is 0 Å². The zero-order chi connectivity index (χ0) is 25.5. The lowest BCUT2D eigenvalue weighted by Gasteiger charge is -2.18. The maximum absolute atomic E-state index is 4.71. The fraction of sp³-hybridized carbons (Fsp3) is 0.267. The van der Waals surface area contributed by atoms with E-state index in [0.717, 1.165) is 33.9 Å². The van der Waals surface area contributed by atoms with Crippen molar-refractivity contribution < 1.29 is 0 Å². The molecule has 0 saturated carbocycles. The molecular weight excluding hydrogens is 444 g/mol. The number of nitrogens with one attached hydrogen (secondary N) is 2. The summed E-state index contributed by atoms with van der Waals surface area (Å²) in [6.07, 6.45) is 0. The van der Waals surface area contributed by atoms with Crippen molar-refractivity contribution in [2.75, 3.05) is 0 Å². The summed E-state index contributed by atoms with van der Waals surface area (Å²) in [6.45, 7) is 13.3. The van der Waals surface area contributed by atoms with Gasteiger partial charge in [0, 0.05) is 22.3 Å². The van der Waals surface area contributed by atoms with E-state index in [2.05, 4.69) is 110 Å². The van der Waals surface area contributed by atoms with Gasteiger partial charge in [0.15, 0.2) is 23.3 Å². The summed E-state index contributed by atoms with van der Waals surface area (Å²) in [5.74, 6) is 2.83. The van der Waals surface area contributed by atoms with Gasteiger partial charge in [0.25, 0.3) is 0 Å². The summed E-state index contributed by atoms with van der Waals surface area (Å²) in [4.78, 5) is 9.42. The molecule has 6 nitrogen and oxygen atoms in total. The molecule has 3 aromatic carbocycles. The molecule has 36 heavy (non-hydrogen) atoms. The third-order valence-corrected chi connectivity index (χ3v) is 6.42. The van der Waals surface area contributed by atoms with Gasteiger partial charge >= 0.3 is 0 Å². The molecule has 0 aliphatic rings. The Labute approximate surface area is 212 Å². The maximum atomic E-state index is 4.71. The molecule has 2 aromatic heterocycles. The second-order valence-electron chi connectivity index (χ2n) is 11.2. The minimum absolute atomic E-state index is 0.117. The number of hydrogen-bond donors (Lipinski definition) is 2. The Morgan fingerprint density at radius 2 is 0.750 bits per heavy atom. The van der Waals surface area contributed by atoms with E-state index in [9.17, 15) is 0 Å². The number of rotatable bonds is 4. The van der Waals surface area contributed by atoms with Crippen molar-refractivity contribution >= 4 is 0 Å². The molecule has 2 N–H and O–H groups in total. The molecule has 0 saturated heterocycles. The number of hydrogen-bond acceptors (Lipinski definition) is 4. The Hall–Kier alpha value is -4.06. The van der Waals surface area contributed by atoms with Gasteiger partial charge in [0.1, 0.15) is 0 Å². The molecule has 0 fully saturated rings. The van der Waals surface area contributed by atoms with Crippen molar-refractivity contribution in [3.05, 3.63) is 83.9 Å². The number of nitrogens with zero attached hydrogens (tertiary/aromatic N) is 4. The molecule has 5 aromatic rings. The standard InChI is InChI=1S/C30H32N6/c1-29(2,3)23-15-11-21(12-16-23)27-31-25(33-35-27)19-7-9-20(10-8-19)26-32-28(36-34-26)22-13-17-24(18-14-22)30(4,5)6/h7-18H,1-6H3,(H,31,33,35)(H,32,34,36). The van der Waals surface area contributed by atoms with Gasteiger partial charge in [0.05, 0.1) is 0 Å². The van der Waals surface area contributed by atoms with Crippen molar-refractivity contribution in [3.8, 4) is 45.6 Å². The van der Waals surface area contributed by atoms with Gasteiger partial charge in [-0.25, -0.2) is 9.97 Å². The average Bonchev–Trinajstić information content (AvgIpc) is 3.54. The van der Waals surface area contributed by atoms with Crippen molar-refractivity contribution in [1.82, 2.24) is 30.4 Å². The summed E-state index contributed by atoms with van der Waals surface area (Å²) in [6, 6.07) is 25.0. The lowest BCUT2D eigenvalue weighted by atomic mass is 9.87. The highest BCUT2D eigenvalue weighted by atomic mass is 15.2. The fourth-order valence-corrected chi connectivity index (χ4v) is 4.06. The third kappa shape index (κ3) is 4.85. The SMILES string of the molecule is CC(C)(C)c1ccc(-c2n[nH]c(-c3ccc(-c4nc(-c5ccc(C(C)(C)C)cc5)n[nH]4)cc3)n2)cc1. The summed E-state index contributed by atoms with van der Waals surface area (Å²) in [7, 11) is 0. The molecule has 0 spiro atoms. The fourth-order valence-electron chi connectivity index (χ4n) is 4.06. The third-order valence-electron chi connectivity index (χ3n) is 6.42. The highest BCUT2D eigenvalue weighted by molar-refractivity contribution is 5.67. The van der Waals surface area contributed by atoms with Crippen LogP contribution in [0, 0.1) is 0 Å². The lowest BCUT2D eigenvalue weighted by molar-refractivity contribution is 0.590. The topological polar surface area (TPSA) is 83.1 Å². The van der Waals surface area contributed by atoms with Gasteiger partial charge < -0.3 is 0 Å². The van der Waals surface area contributed by atoms with Crippen LogP contribution in [0.4, 0.5) is 0 Å². The summed E-state index contributed by atoms with van der Waals surface area (Å²) in [5.41, 5.74) is 6.71. The van der Waals surface area contributed by atoms with Crippen molar-refractivity contribution in [2.45, 2.75) is 52.4 Å². The number of aromatic amines is 2. The van der Waals surface area contributed by atoms with E-state index in [0.29, 0.717) is 11.6 Å². The molecule has 0 aliphatic heterocycles. The van der Waals surface area contributed by atoms with Crippen LogP contribution in [0.25, 0.3) is 45.6 Å². The highest BCUT2D eigenvalue weighted by Crippen LogP contribution is 2.28. The summed E-state index contributed by atoms with van der Waals surface area (Å²) in [5, 5.41) is 15.0. The van der Waals surface area contributed by atoms with Crippen molar-refractivity contribution in [2.24, 2.45) is 0 Å². The molecule has 0 atom stereocenters. The van der Waals surface area contributed by atoms with E-state index in [1.807, 2.05) is 24.3 Å². The first-order valence-corrected chi connectivity index (χ1v) is 12.3. The molecule has 182 valence electrons. The van der Waals surface area contributed by atoms with Gasteiger partial charge in [0.2, 0.25) is 0 Å². The van der Waals surface area contributed by atoms with Crippen molar-refractivity contribution in [3.63, 3.8) is 0 Å². The second-order valence-corrected chi connectivity index (χ2v) is 11.2. The predicted octanol–water partition coefficient (Wildman–Crippen LogP) is 7.19. The first-order valence-electron chi connectivity index (χ1n) is 12.3. The van der Waals surface area contributed by atoms with Crippen LogP contribution in [-0.4, -0.2) is 30.4 Å². The number of benzene rings is 3. The molecule has 2 heterocycles. The molecule has 6 heteroatoms. The van der Waals surface area contributed by atoms with E-state index in [4.69, 9.17) is 9.97 Å². The second kappa shape index (κ2) is 8.86. The minimum Gasteiger partial charge on any atom is -0.259 e. The molecule has 0 aliphatic carbocycles. The van der Waals surface area contributed by atoms with Crippen LogP contribution in [0.1, 0.15) is 52.7 Å². The van der Waals surface area contributed by atoms with Gasteiger partial charge in [-0.15, -0.1) is 0 Å². The molecule has 0 unspecified atom stereocenters. The normalized spacial score (nSPS) is 12.2. The Morgan fingerprint density at radius 3 is 1.06 bits per heavy atom. The number of aromatic nitrogens is 6. The predicted molar refractivity (Wildman–Crippen MR) is 145 cm³/mol.